The van der Waals surface area contributed by atoms with Crippen LogP contribution >= 0.6 is 0 Å². The molecule has 0 heterocycles. The number of primary amides is 1. The van der Waals surface area contributed by atoms with Gasteiger partial charge < -0.3 is 16.6 Å². The third-order valence-electron chi connectivity index (χ3n) is 0.552. The van der Waals surface area contributed by atoms with Gasteiger partial charge in [0.05, 0.1) is 0 Å². The zero-order chi connectivity index (χ0) is 8.57. The lowest BCUT2D eigenvalue weighted by atomic mass is 10.3. The normalized spacial score (nSPS) is 11.2. The summed E-state index contributed by atoms with van der Waals surface area (Å²) in [6.07, 6.45) is 0.0694. The van der Waals surface area contributed by atoms with Crippen LogP contribution in [0, 0.1) is 0 Å². The minimum atomic E-state index is -1.18. The molecule has 4 heteroatoms. The largest absolute Gasteiger partial charge is 0.382 e. The van der Waals surface area contributed by atoms with Crippen LogP contribution < -0.4 is 11.5 Å². The van der Waals surface area contributed by atoms with Gasteiger partial charge in [-0.05, 0) is 0 Å². The molecule has 0 fully saturated rings. The molecule has 0 saturated carbocycles. The van der Waals surface area contributed by atoms with Gasteiger partial charge in [0, 0.05) is 6.54 Å². The Morgan fingerprint density at radius 3 is 1.90 bits per heavy atom. The van der Waals surface area contributed by atoms with Crippen molar-refractivity contribution in [2.24, 2.45) is 11.5 Å². The van der Waals surface area contributed by atoms with Crippen molar-refractivity contribution in [3.63, 3.8) is 0 Å². The van der Waals surface area contributed by atoms with Gasteiger partial charge in [0.25, 0.3) is 0 Å². The molecule has 0 radical (unpaired) electrons. The van der Waals surface area contributed by atoms with E-state index in [1.54, 1.807) is 0 Å². The number of carbonyl (C=O) groups excluding carboxylic acids is 1. The minimum absolute atomic E-state index is 0.102. The third kappa shape index (κ3) is 10.4. The van der Waals surface area contributed by atoms with E-state index in [1.165, 1.54) is 6.42 Å². The molecule has 0 bridgehead atoms. The second-order valence-corrected chi connectivity index (χ2v) is 1.86. The first-order chi connectivity index (χ1) is 4.59. The van der Waals surface area contributed by atoms with E-state index in [9.17, 15) is 4.79 Å². The molecule has 1 amide bonds. The van der Waals surface area contributed by atoms with E-state index in [2.05, 4.69) is 19.6 Å². The van der Waals surface area contributed by atoms with Gasteiger partial charge in [-0.2, -0.15) is 0 Å². The Bertz CT molecular complexity index is 85.8. The van der Waals surface area contributed by atoms with E-state index in [4.69, 9.17) is 10.8 Å². The van der Waals surface area contributed by atoms with E-state index in [1.807, 2.05) is 0 Å². The van der Waals surface area contributed by atoms with Crippen molar-refractivity contribution in [1.82, 2.24) is 0 Å². The lowest BCUT2D eigenvalue weighted by Gasteiger charge is -1.97. The molecule has 0 aliphatic carbocycles. The molecule has 0 rings (SSSR count). The van der Waals surface area contributed by atoms with E-state index in [0.717, 1.165) is 0 Å². The Morgan fingerprint density at radius 1 is 1.60 bits per heavy atom. The fraction of sp³-hybridized carbons (Fsp3) is 0.833. The van der Waals surface area contributed by atoms with Gasteiger partial charge in [0.2, 0.25) is 5.91 Å². The number of hydrogen-bond acceptors (Lipinski definition) is 3. The highest BCUT2D eigenvalue weighted by Crippen LogP contribution is 1.70. The van der Waals surface area contributed by atoms with Crippen LogP contribution in [0.1, 0.15) is 20.3 Å². The smallest absolute Gasteiger partial charge is 0.247 e. The van der Waals surface area contributed by atoms with Gasteiger partial charge in [0.15, 0.2) is 0 Å². The molecule has 0 spiro atoms. The molecule has 4 nitrogen and oxygen atoms in total. The predicted octanol–water partition coefficient (Wildman–Crippen LogP) is -0.792. The minimum Gasteiger partial charge on any atom is -0.382 e. The Kier molecular flexibility index (Phi) is 10.2. The molecule has 62 valence electrons. The number of aliphatic hydroxyl groups is 1. The Morgan fingerprint density at radius 2 is 1.90 bits per heavy atom. The number of nitrogens with two attached hydrogens (primary N) is 2. The van der Waals surface area contributed by atoms with Gasteiger partial charge in [-0.25, -0.2) is 0 Å². The summed E-state index contributed by atoms with van der Waals surface area (Å²) in [5.74, 6) is -0.775. The summed E-state index contributed by atoms with van der Waals surface area (Å²) < 4.78 is 0. The Labute approximate surface area is 61.2 Å². The summed E-state index contributed by atoms with van der Waals surface area (Å²) >= 11 is 0. The third-order valence-corrected chi connectivity index (χ3v) is 0.552. The fourth-order valence-electron chi connectivity index (χ4n) is 0.116. The highest BCUT2D eigenvalue weighted by atomic mass is 16.3. The van der Waals surface area contributed by atoms with Crippen molar-refractivity contribution in [1.29, 1.82) is 0 Å². The van der Waals surface area contributed by atoms with Crippen LogP contribution in [0.2, 0.25) is 0 Å². The number of hydrogen-bond donors (Lipinski definition) is 3. The van der Waals surface area contributed by atoms with Gasteiger partial charge in [-0.15, -0.1) is 0 Å². The molecule has 1 atom stereocenters. The molecule has 5 N–H and O–H groups in total. The molecular weight excluding hydrogens is 132 g/mol. The summed E-state index contributed by atoms with van der Waals surface area (Å²) in [7, 11) is 0. The van der Waals surface area contributed by atoms with Crippen molar-refractivity contribution in [2.75, 3.05) is 6.54 Å². The Balaban J connectivity index is 0. The van der Waals surface area contributed by atoms with Crippen molar-refractivity contribution < 1.29 is 9.90 Å². The predicted molar refractivity (Wildman–Crippen MR) is 40.2 cm³/mol. The number of aliphatic hydroxyl groups excluding tert-OH is 1. The zero-order valence-electron chi connectivity index (χ0n) is 6.50. The molecule has 10 heavy (non-hydrogen) atoms. The highest BCUT2D eigenvalue weighted by molar-refractivity contribution is 5.78. The second-order valence-electron chi connectivity index (χ2n) is 1.86. The van der Waals surface area contributed by atoms with Crippen molar-refractivity contribution in [3.8, 4) is 0 Å². The first kappa shape index (κ1) is 12.1. The van der Waals surface area contributed by atoms with Gasteiger partial charge in [-0.1, -0.05) is 20.3 Å². The zero-order valence-corrected chi connectivity index (χ0v) is 6.50. The molecule has 0 saturated heterocycles. The van der Waals surface area contributed by atoms with E-state index >= 15 is 0 Å². The number of carbonyl (C=O) groups is 1. The SMILES string of the molecule is CCC.NCC(O)C(N)=O. The molecule has 0 aromatic heterocycles. The average molecular weight is 148 g/mol. The molecule has 1 unspecified atom stereocenters. The quantitative estimate of drug-likeness (QED) is 0.479. The van der Waals surface area contributed by atoms with Gasteiger partial charge in [-0.3, -0.25) is 4.79 Å². The van der Waals surface area contributed by atoms with E-state index < -0.39 is 12.0 Å². The monoisotopic (exact) mass is 148 g/mol. The first-order valence-electron chi connectivity index (χ1n) is 3.27. The number of rotatable bonds is 2. The van der Waals surface area contributed by atoms with Crippen LogP contribution in [0.3, 0.4) is 0 Å². The maximum absolute atomic E-state index is 9.82. The van der Waals surface area contributed by atoms with Crippen molar-refractivity contribution in [3.05, 3.63) is 0 Å². The molecule has 0 aromatic rings. The maximum Gasteiger partial charge on any atom is 0.247 e. The standard InChI is InChI=1S/C3H8N2O2.C3H8/c4-1-2(6)3(5)7;1-3-2/h2,6H,1,4H2,(H2,5,7);3H2,1-2H3. The first-order valence-corrected chi connectivity index (χ1v) is 3.27. The summed E-state index contributed by atoms with van der Waals surface area (Å²) in [6.45, 7) is 4.15. The van der Waals surface area contributed by atoms with E-state index in [-0.39, 0.29) is 6.54 Å². The van der Waals surface area contributed by atoms with Crippen LogP contribution in [0.5, 0.6) is 0 Å². The van der Waals surface area contributed by atoms with Gasteiger partial charge >= 0.3 is 0 Å². The summed E-state index contributed by atoms with van der Waals surface area (Å²) in [5, 5.41) is 8.34. The van der Waals surface area contributed by atoms with Gasteiger partial charge in [0.1, 0.15) is 6.10 Å². The lowest BCUT2D eigenvalue weighted by Crippen LogP contribution is -2.34. The van der Waals surface area contributed by atoms with Crippen molar-refractivity contribution in [2.45, 2.75) is 26.4 Å². The average Bonchev–Trinajstić information content (AvgIpc) is 1.88. The molecule has 0 aliphatic heterocycles. The summed E-state index contributed by atoms with van der Waals surface area (Å²) in [6, 6.07) is 0. The molecular formula is C6H16N2O2. The second kappa shape index (κ2) is 8.39. The summed E-state index contributed by atoms with van der Waals surface area (Å²) in [4.78, 5) is 9.82. The molecule has 0 aromatic carbocycles. The van der Waals surface area contributed by atoms with Crippen LogP contribution in [0.15, 0.2) is 0 Å². The lowest BCUT2D eigenvalue weighted by molar-refractivity contribution is -0.125. The topological polar surface area (TPSA) is 89.3 Å². The van der Waals surface area contributed by atoms with Crippen LogP contribution in [0.4, 0.5) is 0 Å². The maximum atomic E-state index is 9.82. The van der Waals surface area contributed by atoms with Crippen LogP contribution in [-0.2, 0) is 4.79 Å². The van der Waals surface area contributed by atoms with Crippen LogP contribution in [-0.4, -0.2) is 23.7 Å². The number of amides is 1. The van der Waals surface area contributed by atoms with Crippen molar-refractivity contribution >= 4 is 5.91 Å². The fourth-order valence-corrected chi connectivity index (χ4v) is 0.116. The molecule has 0 aliphatic rings. The Hall–Kier alpha value is -0.610. The summed E-state index contributed by atoms with van der Waals surface area (Å²) in [5.41, 5.74) is 9.40. The van der Waals surface area contributed by atoms with Crippen LogP contribution in [0.25, 0.3) is 0 Å². The van der Waals surface area contributed by atoms with E-state index in [0.29, 0.717) is 0 Å². The highest BCUT2D eigenvalue weighted by Gasteiger charge is 2.05.